The summed E-state index contributed by atoms with van der Waals surface area (Å²) in [6, 6.07) is 8.14. The van der Waals surface area contributed by atoms with Gasteiger partial charge in [-0.1, -0.05) is 38.0 Å². The predicted octanol–water partition coefficient (Wildman–Crippen LogP) is 2.99. The monoisotopic (exact) mass is 203 g/mol. The van der Waals surface area contributed by atoms with Gasteiger partial charge in [0.05, 0.1) is 5.69 Å². The number of nitrogens with zero attached hydrogens (tertiary/aromatic N) is 3. The molecule has 0 N–H and O–H groups in total. The van der Waals surface area contributed by atoms with Crippen molar-refractivity contribution in [3.63, 3.8) is 0 Å². The van der Waals surface area contributed by atoms with Crippen molar-refractivity contribution in [1.82, 2.24) is 14.8 Å². The molecule has 0 amide bonds. The highest BCUT2D eigenvalue weighted by atomic mass is 15.3. The van der Waals surface area contributed by atoms with Crippen LogP contribution in [0.2, 0.25) is 0 Å². The lowest BCUT2D eigenvalue weighted by Crippen LogP contribution is -1.93. The molecule has 3 nitrogen and oxygen atoms in total. The van der Waals surface area contributed by atoms with Crippen molar-refractivity contribution in [3.05, 3.63) is 42.5 Å². The molecule has 1 aromatic carbocycles. The largest absolute Gasteiger partial charge is 0.223 e. The number of hydrogen-bond donors (Lipinski definition) is 0. The molecule has 2 rings (SSSR count). The van der Waals surface area contributed by atoms with E-state index in [1.54, 1.807) is 11.0 Å². The third-order valence-electron chi connectivity index (χ3n) is 1.72. The zero-order chi connectivity index (χ0) is 11.1. The van der Waals surface area contributed by atoms with E-state index >= 15 is 0 Å². The van der Waals surface area contributed by atoms with Crippen molar-refractivity contribution in [3.8, 4) is 5.69 Å². The van der Waals surface area contributed by atoms with Crippen LogP contribution in [0.1, 0.15) is 25.8 Å². The maximum Gasteiger partial charge on any atom is 0.138 e. The number of aromatic nitrogens is 3. The van der Waals surface area contributed by atoms with Gasteiger partial charge in [-0.15, -0.1) is 0 Å². The molecular weight excluding hydrogens is 186 g/mol. The van der Waals surface area contributed by atoms with E-state index in [0.29, 0.717) is 0 Å². The molecular formula is C12H17N3. The van der Waals surface area contributed by atoms with E-state index in [4.69, 9.17) is 0 Å². The molecule has 0 saturated carbocycles. The Morgan fingerprint density at radius 3 is 2.20 bits per heavy atom. The van der Waals surface area contributed by atoms with Gasteiger partial charge in [-0.25, -0.2) is 9.67 Å². The average molecular weight is 203 g/mol. The first-order valence-electron chi connectivity index (χ1n) is 5.19. The Bertz CT molecular complexity index is 362. The summed E-state index contributed by atoms with van der Waals surface area (Å²) in [4.78, 5) is 3.87. The molecule has 1 heterocycles. The van der Waals surface area contributed by atoms with E-state index in [9.17, 15) is 0 Å². The van der Waals surface area contributed by atoms with Gasteiger partial charge in [-0.3, -0.25) is 0 Å². The maximum absolute atomic E-state index is 4.02. The molecule has 0 atom stereocenters. The van der Waals surface area contributed by atoms with E-state index in [1.807, 2.05) is 12.1 Å². The SMILES string of the molecule is CCC.Cc1ccc(-n2cncn2)cc1. The van der Waals surface area contributed by atoms with Crippen LogP contribution in [0.5, 0.6) is 0 Å². The van der Waals surface area contributed by atoms with Crippen molar-refractivity contribution in [2.75, 3.05) is 0 Å². The van der Waals surface area contributed by atoms with Crippen molar-refractivity contribution in [2.24, 2.45) is 0 Å². The Morgan fingerprint density at radius 2 is 1.73 bits per heavy atom. The van der Waals surface area contributed by atoms with E-state index in [2.05, 4.69) is 43.0 Å². The van der Waals surface area contributed by atoms with E-state index in [0.717, 1.165) is 5.69 Å². The summed E-state index contributed by atoms with van der Waals surface area (Å²) in [5.41, 5.74) is 2.29. The smallest absolute Gasteiger partial charge is 0.138 e. The van der Waals surface area contributed by atoms with Crippen LogP contribution in [-0.2, 0) is 0 Å². The predicted molar refractivity (Wildman–Crippen MR) is 62.1 cm³/mol. The van der Waals surface area contributed by atoms with Crippen LogP contribution in [0.15, 0.2) is 36.9 Å². The first-order valence-corrected chi connectivity index (χ1v) is 5.19. The molecule has 15 heavy (non-hydrogen) atoms. The molecule has 0 saturated heterocycles. The fourth-order valence-corrected chi connectivity index (χ4v) is 1.04. The normalized spacial score (nSPS) is 9.27. The molecule has 80 valence electrons. The van der Waals surface area contributed by atoms with Crippen LogP contribution >= 0.6 is 0 Å². The Labute approximate surface area is 90.8 Å². The first kappa shape index (κ1) is 11.4. The quantitative estimate of drug-likeness (QED) is 0.713. The Hall–Kier alpha value is -1.64. The molecule has 0 fully saturated rings. The summed E-state index contributed by atoms with van der Waals surface area (Å²) in [5, 5.41) is 4.02. The van der Waals surface area contributed by atoms with Gasteiger partial charge in [0.2, 0.25) is 0 Å². The zero-order valence-electron chi connectivity index (χ0n) is 9.51. The molecule has 0 radical (unpaired) electrons. The van der Waals surface area contributed by atoms with Crippen molar-refractivity contribution in [2.45, 2.75) is 27.2 Å². The summed E-state index contributed by atoms with van der Waals surface area (Å²) >= 11 is 0. The van der Waals surface area contributed by atoms with Crippen LogP contribution in [-0.4, -0.2) is 14.8 Å². The fraction of sp³-hybridized carbons (Fsp3) is 0.333. The van der Waals surface area contributed by atoms with Gasteiger partial charge in [0, 0.05) is 0 Å². The molecule has 0 aliphatic carbocycles. The van der Waals surface area contributed by atoms with Crippen LogP contribution in [0.4, 0.5) is 0 Å². The number of rotatable bonds is 1. The lowest BCUT2D eigenvalue weighted by atomic mass is 10.2. The van der Waals surface area contributed by atoms with Crippen molar-refractivity contribution >= 4 is 0 Å². The molecule has 2 aromatic rings. The van der Waals surface area contributed by atoms with Crippen LogP contribution in [0.25, 0.3) is 5.69 Å². The molecule has 0 aliphatic rings. The molecule has 0 bridgehead atoms. The standard InChI is InChI=1S/C9H9N3.C3H8/c1-8-2-4-9(5-3-8)12-7-10-6-11-12;1-3-2/h2-7H,1H3;3H2,1-2H3. The molecule has 0 aliphatic heterocycles. The first-order chi connectivity index (χ1) is 7.27. The minimum Gasteiger partial charge on any atom is -0.223 e. The van der Waals surface area contributed by atoms with Crippen molar-refractivity contribution < 1.29 is 0 Å². The Kier molecular flexibility index (Phi) is 4.54. The van der Waals surface area contributed by atoms with E-state index in [-0.39, 0.29) is 0 Å². The van der Waals surface area contributed by atoms with Gasteiger partial charge in [0.15, 0.2) is 0 Å². The van der Waals surface area contributed by atoms with Gasteiger partial charge in [0.25, 0.3) is 0 Å². The van der Waals surface area contributed by atoms with Crippen LogP contribution in [0.3, 0.4) is 0 Å². The number of hydrogen-bond acceptors (Lipinski definition) is 2. The molecule has 0 unspecified atom stereocenters. The molecule has 0 spiro atoms. The maximum atomic E-state index is 4.02. The van der Waals surface area contributed by atoms with Gasteiger partial charge < -0.3 is 0 Å². The Morgan fingerprint density at radius 1 is 1.13 bits per heavy atom. The summed E-state index contributed by atoms with van der Waals surface area (Å²) in [7, 11) is 0. The Balaban J connectivity index is 0.000000337. The fourth-order valence-electron chi connectivity index (χ4n) is 1.04. The van der Waals surface area contributed by atoms with Gasteiger partial charge in [-0.05, 0) is 19.1 Å². The second kappa shape index (κ2) is 5.96. The number of benzene rings is 1. The lowest BCUT2D eigenvalue weighted by Gasteiger charge is -1.99. The zero-order valence-corrected chi connectivity index (χ0v) is 9.51. The highest BCUT2D eigenvalue weighted by Crippen LogP contribution is 2.06. The highest BCUT2D eigenvalue weighted by Gasteiger charge is 1.93. The van der Waals surface area contributed by atoms with Gasteiger partial charge in [0.1, 0.15) is 12.7 Å². The van der Waals surface area contributed by atoms with Crippen LogP contribution < -0.4 is 0 Å². The second-order valence-electron chi connectivity index (χ2n) is 3.38. The van der Waals surface area contributed by atoms with Gasteiger partial charge >= 0.3 is 0 Å². The lowest BCUT2D eigenvalue weighted by molar-refractivity contribution is 0.878. The summed E-state index contributed by atoms with van der Waals surface area (Å²) in [6.07, 6.45) is 4.46. The molecule has 1 aromatic heterocycles. The van der Waals surface area contributed by atoms with E-state index in [1.165, 1.54) is 18.3 Å². The minimum atomic E-state index is 1.04. The second-order valence-corrected chi connectivity index (χ2v) is 3.38. The van der Waals surface area contributed by atoms with Crippen molar-refractivity contribution in [1.29, 1.82) is 0 Å². The van der Waals surface area contributed by atoms with Crippen LogP contribution in [0, 0.1) is 6.92 Å². The average Bonchev–Trinajstić information content (AvgIpc) is 2.73. The van der Waals surface area contributed by atoms with E-state index < -0.39 is 0 Å². The summed E-state index contributed by atoms with van der Waals surface area (Å²) in [6.45, 7) is 6.31. The topological polar surface area (TPSA) is 30.7 Å². The summed E-state index contributed by atoms with van der Waals surface area (Å²) in [5.74, 6) is 0. The molecule has 3 heteroatoms. The third kappa shape index (κ3) is 3.54. The summed E-state index contributed by atoms with van der Waals surface area (Å²) < 4.78 is 1.74. The minimum absolute atomic E-state index is 1.04. The highest BCUT2D eigenvalue weighted by molar-refractivity contribution is 5.32. The van der Waals surface area contributed by atoms with Gasteiger partial charge in [-0.2, -0.15) is 5.10 Å². The number of aryl methyl sites for hydroxylation is 1. The third-order valence-corrected chi connectivity index (χ3v) is 1.72.